The second kappa shape index (κ2) is 5.55. The molecular formula is C9H5ClF5NO3. The Morgan fingerprint density at radius 2 is 2.05 bits per heavy atom. The van der Waals surface area contributed by atoms with Crippen molar-refractivity contribution >= 4 is 17.6 Å². The van der Waals surface area contributed by atoms with E-state index in [9.17, 15) is 26.7 Å². The summed E-state index contributed by atoms with van der Waals surface area (Å²) in [6, 6.07) is 0. The van der Waals surface area contributed by atoms with E-state index >= 15 is 0 Å². The number of nitrogens with zero attached hydrogens (tertiary/aromatic N) is 1. The van der Waals surface area contributed by atoms with Gasteiger partial charge in [-0.2, -0.15) is 0 Å². The van der Waals surface area contributed by atoms with E-state index in [1.165, 1.54) is 0 Å². The standard InChI is InChI=1S/C9H5ClF5NO3/c10-1-3-4(8(17)18)2-16-7(5(3)6(11)12)19-9(13,14)15/h2,6H,1H2,(H,17,18). The lowest BCUT2D eigenvalue weighted by atomic mass is 10.1. The van der Waals surface area contributed by atoms with Gasteiger partial charge >= 0.3 is 12.3 Å². The number of carboxylic acid groups (broad SMARTS) is 1. The van der Waals surface area contributed by atoms with Gasteiger partial charge in [0.2, 0.25) is 5.88 Å². The van der Waals surface area contributed by atoms with Crippen LogP contribution in [0.15, 0.2) is 6.20 Å². The molecule has 1 N–H and O–H groups in total. The third-order valence-corrected chi connectivity index (χ3v) is 2.25. The van der Waals surface area contributed by atoms with Gasteiger partial charge in [0.1, 0.15) is 0 Å². The Morgan fingerprint density at radius 3 is 2.42 bits per heavy atom. The van der Waals surface area contributed by atoms with E-state index < -0.39 is 47.2 Å². The van der Waals surface area contributed by atoms with E-state index in [0.717, 1.165) is 0 Å². The van der Waals surface area contributed by atoms with Gasteiger partial charge in [-0.3, -0.25) is 0 Å². The Balaban J connectivity index is 3.46. The van der Waals surface area contributed by atoms with Gasteiger partial charge in [-0.05, 0) is 5.56 Å². The highest BCUT2D eigenvalue weighted by Crippen LogP contribution is 2.36. The number of carbonyl (C=O) groups is 1. The molecule has 0 amide bonds. The summed E-state index contributed by atoms with van der Waals surface area (Å²) >= 11 is 5.31. The summed E-state index contributed by atoms with van der Waals surface area (Å²) in [5.74, 6) is -3.77. The lowest BCUT2D eigenvalue weighted by molar-refractivity contribution is -0.276. The van der Waals surface area contributed by atoms with Crippen LogP contribution in [0.1, 0.15) is 27.9 Å². The topological polar surface area (TPSA) is 59.4 Å². The summed E-state index contributed by atoms with van der Waals surface area (Å²) in [7, 11) is 0. The highest BCUT2D eigenvalue weighted by molar-refractivity contribution is 6.17. The first kappa shape index (κ1) is 15.4. The molecule has 19 heavy (non-hydrogen) atoms. The van der Waals surface area contributed by atoms with Crippen LogP contribution in [0.5, 0.6) is 5.88 Å². The van der Waals surface area contributed by atoms with Crippen LogP contribution in [-0.4, -0.2) is 22.4 Å². The fourth-order valence-corrected chi connectivity index (χ4v) is 1.58. The monoisotopic (exact) mass is 305 g/mol. The number of aromatic carboxylic acids is 1. The highest BCUT2D eigenvalue weighted by atomic mass is 35.5. The molecule has 4 nitrogen and oxygen atoms in total. The maximum Gasteiger partial charge on any atom is 0.574 e. The molecule has 0 saturated carbocycles. The minimum absolute atomic E-state index is 0.479. The Morgan fingerprint density at radius 1 is 1.47 bits per heavy atom. The molecule has 0 saturated heterocycles. The Hall–Kier alpha value is -1.64. The average Bonchev–Trinajstić information content (AvgIpc) is 2.25. The number of pyridine rings is 1. The van der Waals surface area contributed by atoms with Gasteiger partial charge in [0.25, 0.3) is 6.43 Å². The van der Waals surface area contributed by atoms with Gasteiger partial charge < -0.3 is 9.84 Å². The Kier molecular flexibility index (Phi) is 4.51. The van der Waals surface area contributed by atoms with Crippen LogP contribution in [0.3, 0.4) is 0 Å². The quantitative estimate of drug-likeness (QED) is 0.684. The fraction of sp³-hybridized carbons (Fsp3) is 0.333. The summed E-state index contributed by atoms with van der Waals surface area (Å²) < 4.78 is 64.9. The zero-order valence-electron chi connectivity index (χ0n) is 8.84. The predicted octanol–water partition coefficient (Wildman–Crippen LogP) is 3.35. The van der Waals surface area contributed by atoms with Gasteiger partial charge in [-0.25, -0.2) is 18.6 Å². The number of rotatable bonds is 4. The minimum atomic E-state index is -5.23. The number of aromatic nitrogens is 1. The normalized spacial score (nSPS) is 11.7. The van der Waals surface area contributed by atoms with Crippen molar-refractivity contribution in [2.75, 3.05) is 0 Å². The summed E-state index contributed by atoms with van der Waals surface area (Å²) in [5.41, 5.74) is -2.66. The van der Waals surface area contributed by atoms with E-state index in [-0.39, 0.29) is 0 Å². The van der Waals surface area contributed by atoms with Crippen molar-refractivity contribution in [1.82, 2.24) is 4.98 Å². The first-order valence-electron chi connectivity index (χ1n) is 4.52. The third-order valence-electron chi connectivity index (χ3n) is 1.99. The van der Waals surface area contributed by atoms with Crippen molar-refractivity contribution in [1.29, 1.82) is 0 Å². The third kappa shape index (κ3) is 3.66. The summed E-state index contributed by atoms with van der Waals surface area (Å²) in [6.45, 7) is 0. The van der Waals surface area contributed by atoms with Crippen molar-refractivity contribution in [3.8, 4) is 5.88 Å². The molecule has 0 unspecified atom stereocenters. The summed E-state index contributed by atoms with van der Waals surface area (Å²) in [4.78, 5) is 13.7. The van der Waals surface area contributed by atoms with Crippen molar-refractivity contribution in [2.24, 2.45) is 0 Å². The van der Waals surface area contributed by atoms with Gasteiger partial charge in [0.15, 0.2) is 0 Å². The molecule has 0 aliphatic rings. The fourth-order valence-electron chi connectivity index (χ4n) is 1.29. The molecule has 1 rings (SSSR count). The van der Waals surface area contributed by atoms with Crippen molar-refractivity contribution in [2.45, 2.75) is 18.7 Å². The Labute approximate surface area is 107 Å². The largest absolute Gasteiger partial charge is 0.574 e. The van der Waals surface area contributed by atoms with E-state index in [0.29, 0.717) is 6.20 Å². The number of ether oxygens (including phenoxy) is 1. The van der Waals surface area contributed by atoms with Crippen LogP contribution >= 0.6 is 11.6 Å². The van der Waals surface area contributed by atoms with Crippen LogP contribution in [0.4, 0.5) is 22.0 Å². The van der Waals surface area contributed by atoms with E-state index in [4.69, 9.17) is 16.7 Å². The predicted molar refractivity (Wildman–Crippen MR) is 52.4 cm³/mol. The number of alkyl halides is 6. The molecule has 0 radical (unpaired) electrons. The molecule has 0 fully saturated rings. The number of carboxylic acids is 1. The van der Waals surface area contributed by atoms with E-state index in [1.807, 2.05) is 0 Å². The second-order valence-electron chi connectivity index (χ2n) is 3.16. The first-order chi connectivity index (χ1) is 8.67. The lowest BCUT2D eigenvalue weighted by Crippen LogP contribution is -2.20. The molecule has 0 spiro atoms. The van der Waals surface area contributed by atoms with Crippen LogP contribution in [0.25, 0.3) is 0 Å². The van der Waals surface area contributed by atoms with Crippen LogP contribution in [0.2, 0.25) is 0 Å². The van der Waals surface area contributed by atoms with E-state index in [2.05, 4.69) is 9.72 Å². The molecule has 10 heteroatoms. The minimum Gasteiger partial charge on any atom is -0.478 e. The molecule has 0 aliphatic heterocycles. The Bertz CT molecular complexity index is 491. The van der Waals surface area contributed by atoms with Gasteiger partial charge in [0, 0.05) is 12.1 Å². The average molecular weight is 306 g/mol. The molecule has 1 aromatic rings. The summed E-state index contributed by atoms with van der Waals surface area (Å²) in [6.07, 6.45) is -8.17. The summed E-state index contributed by atoms with van der Waals surface area (Å²) in [5, 5.41) is 8.72. The molecule has 1 aromatic heterocycles. The maximum atomic E-state index is 12.8. The van der Waals surface area contributed by atoms with Crippen LogP contribution < -0.4 is 4.74 Å². The molecule has 0 atom stereocenters. The molecular weight excluding hydrogens is 301 g/mol. The van der Waals surface area contributed by atoms with Gasteiger partial charge in [-0.15, -0.1) is 24.8 Å². The first-order valence-corrected chi connectivity index (χ1v) is 5.05. The molecule has 0 aromatic carbocycles. The number of halogens is 6. The van der Waals surface area contributed by atoms with Gasteiger partial charge in [-0.1, -0.05) is 0 Å². The number of hydrogen-bond donors (Lipinski definition) is 1. The second-order valence-corrected chi connectivity index (χ2v) is 3.42. The lowest BCUT2D eigenvalue weighted by Gasteiger charge is -2.15. The SMILES string of the molecule is O=C(O)c1cnc(OC(F)(F)F)c(C(F)F)c1CCl. The van der Waals surface area contributed by atoms with Crippen LogP contribution in [-0.2, 0) is 5.88 Å². The van der Waals surface area contributed by atoms with Gasteiger partial charge in [0.05, 0.1) is 11.1 Å². The number of hydrogen-bond acceptors (Lipinski definition) is 3. The molecule has 1 heterocycles. The van der Waals surface area contributed by atoms with Crippen LogP contribution in [0, 0.1) is 0 Å². The maximum absolute atomic E-state index is 12.8. The van der Waals surface area contributed by atoms with Crippen molar-refractivity contribution < 1.29 is 36.6 Å². The molecule has 0 bridgehead atoms. The molecule has 0 aliphatic carbocycles. The smallest absolute Gasteiger partial charge is 0.478 e. The van der Waals surface area contributed by atoms with E-state index in [1.54, 1.807) is 0 Å². The zero-order valence-corrected chi connectivity index (χ0v) is 9.60. The van der Waals surface area contributed by atoms with Crippen molar-refractivity contribution in [3.05, 3.63) is 22.9 Å². The zero-order chi connectivity index (χ0) is 14.8. The molecule has 106 valence electrons. The van der Waals surface area contributed by atoms with Crippen molar-refractivity contribution in [3.63, 3.8) is 0 Å². The highest BCUT2D eigenvalue weighted by Gasteiger charge is 2.36.